The van der Waals surface area contributed by atoms with Gasteiger partial charge in [0.05, 0.1) is 23.9 Å². The van der Waals surface area contributed by atoms with E-state index in [2.05, 4.69) is 5.32 Å². The maximum Gasteiger partial charge on any atom is 0.339 e. The minimum absolute atomic E-state index is 0.00460. The van der Waals surface area contributed by atoms with Crippen molar-refractivity contribution in [3.05, 3.63) is 28.8 Å². The SMILES string of the molecule is CNC(=O)C1COCCN1c1cccc(Cl)c1C(=O)O. The summed E-state index contributed by atoms with van der Waals surface area (Å²) in [5.41, 5.74) is 0.437. The van der Waals surface area contributed by atoms with Gasteiger partial charge in [-0.25, -0.2) is 4.79 Å². The van der Waals surface area contributed by atoms with E-state index in [1.165, 1.54) is 13.1 Å². The number of carboxylic acid groups (broad SMARTS) is 1. The van der Waals surface area contributed by atoms with Gasteiger partial charge in [-0.05, 0) is 12.1 Å². The number of hydrogen-bond donors (Lipinski definition) is 2. The Kier molecular flexibility index (Phi) is 4.46. The molecule has 6 nitrogen and oxygen atoms in total. The largest absolute Gasteiger partial charge is 0.478 e. The zero-order valence-corrected chi connectivity index (χ0v) is 11.7. The zero-order valence-electron chi connectivity index (χ0n) is 10.9. The van der Waals surface area contributed by atoms with Gasteiger partial charge in [0, 0.05) is 13.6 Å². The minimum Gasteiger partial charge on any atom is -0.478 e. The van der Waals surface area contributed by atoms with Crippen LogP contribution in [0, 0.1) is 0 Å². The molecule has 1 atom stereocenters. The van der Waals surface area contributed by atoms with Crippen molar-refractivity contribution in [2.24, 2.45) is 0 Å². The van der Waals surface area contributed by atoms with Crippen LogP contribution in [0.3, 0.4) is 0 Å². The highest BCUT2D eigenvalue weighted by atomic mass is 35.5. The van der Waals surface area contributed by atoms with Crippen LogP contribution in [0.15, 0.2) is 18.2 Å². The van der Waals surface area contributed by atoms with Gasteiger partial charge >= 0.3 is 5.97 Å². The number of ether oxygens (including phenoxy) is 1. The van der Waals surface area contributed by atoms with Crippen LogP contribution < -0.4 is 10.2 Å². The van der Waals surface area contributed by atoms with E-state index in [9.17, 15) is 14.7 Å². The highest BCUT2D eigenvalue weighted by Crippen LogP contribution is 2.30. The van der Waals surface area contributed by atoms with E-state index >= 15 is 0 Å². The number of carboxylic acids is 1. The lowest BCUT2D eigenvalue weighted by molar-refractivity contribution is -0.124. The number of nitrogens with zero attached hydrogens (tertiary/aromatic N) is 1. The summed E-state index contributed by atoms with van der Waals surface area (Å²) in [7, 11) is 1.53. The molecule has 20 heavy (non-hydrogen) atoms. The van der Waals surface area contributed by atoms with Crippen molar-refractivity contribution in [3.63, 3.8) is 0 Å². The molecule has 0 aromatic heterocycles. The van der Waals surface area contributed by atoms with E-state index in [0.717, 1.165) is 0 Å². The number of rotatable bonds is 3. The molecule has 0 bridgehead atoms. The first-order valence-electron chi connectivity index (χ1n) is 6.14. The first kappa shape index (κ1) is 14.6. The molecule has 2 rings (SSSR count). The van der Waals surface area contributed by atoms with Crippen molar-refractivity contribution < 1.29 is 19.4 Å². The first-order valence-corrected chi connectivity index (χ1v) is 6.52. The van der Waals surface area contributed by atoms with Crippen molar-refractivity contribution in [2.45, 2.75) is 6.04 Å². The number of amides is 1. The number of carbonyl (C=O) groups excluding carboxylic acids is 1. The average molecular weight is 299 g/mol. The lowest BCUT2D eigenvalue weighted by Gasteiger charge is -2.36. The second-order valence-corrected chi connectivity index (χ2v) is 4.74. The molecule has 0 radical (unpaired) electrons. The molecule has 7 heteroatoms. The Hall–Kier alpha value is -1.79. The summed E-state index contributed by atoms with van der Waals surface area (Å²) in [4.78, 5) is 25.0. The van der Waals surface area contributed by atoms with Crippen LogP contribution in [-0.4, -0.2) is 49.8 Å². The fraction of sp³-hybridized carbons (Fsp3) is 0.385. The minimum atomic E-state index is -1.12. The second-order valence-electron chi connectivity index (χ2n) is 4.34. The Morgan fingerprint density at radius 1 is 1.50 bits per heavy atom. The van der Waals surface area contributed by atoms with Crippen molar-refractivity contribution in [3.8, 4) is 0 Å². The molecule has 1 aromatic rings. The van der Waals surface area contributed by atoms with Crippen LogP contribution in [0.1, 0.15) is 10.4 Å². The number of hydrogen-bond acceptors (Lipinski definition) is 4. The number of morpholine rings is 1. The Morgan fingerprint density at radius 2 is 2.25 bits per heavy atom. The monoisotopic (exact) mass is 298 g/mol. The fourth-order valence-corrected chi connectivity index (χ4v) is 2.49. The Labute approximate surface area is 121 Å². The molecular formula is C13H15ClN2O4. The number of carbonyl (C=O) groups is 2. The number of aromatic carboxylic acids is 1. The van der Waals surface area contributed by atoms with E-state index in [0.29, 0.717) is 18.8 Å². The molecule has 1 saturated heterocycles. The molecule has 1 aliphatic rings. The summed E-state index contributed by atoms with van der Waals surface area (Å²) in [6, 6.07) is 4.27. The van der Waals surface area contributed by atoms with Gasteiger partial charge in [-0.15, -0.1) is 0 Å². The number of benzene rings is 1. The van der Waals surface area contributed by atoms with Gasteiger partial charge in [-0.2, -0.15) is 0 Å². The van der Waals surface area contributed by atoms with Crippen LogP contribution >= 0.6 is 11.6 Å². The quantitative estimate of drug-likeness (QED) is 0.870. The smallest absolute Gasteiger partial charge is 0.339 e. The topological polar surface area (TPSA) is 78.9 Å². The molecule has 0 spiro atoms. The van der Waals surface area contributed by atoms with Crippen molar-refractivity contribution in [1.82, 2.24) is 5.32 Å². The van der Waals surface area contributed by atoms with Gasteiger partial charge in [0.15, 0.2) is 0 Å². The predicted molar refractivity (Wildman–Crippen MR) is 74.4 cm³/mol. The molecular weight excluding hydrogens is 284 g/mol. The lowest BCUT2D eigenvalue weighted by Crippen LogP contribution is -2.53. The predicted octanol–water partition coefficient (Wildman–Crippen LogP) is 0.989. The van der Waals surface area contributed by atoms with E-state index in [1.807, 2.05) is 0 Å². The van der Waals surface area contributed by atoms with Crippen molar-refractivity contribution in [2.75, 3.05) is 31.7 Å². The van der Waals surface area contributed by atoms with Crippen LogP contribution in [0.4, 0.5) is 5.69 Å². The molecule has 1 heterocycles. The standard InChI is InChI=1S/C13H15ClN2O4/c1-15-12(17)10-7-20-6-5-16(10)9-4-2-3-8(14)11(9)13(18)19/h2-4,10H,5-7H2,1H3,(H,15,17)(H,18,19). The maximum absolute atomic E-state index is 11.9. The molecule has 1 unspecified atom stereocenters. The average Bonchev–Trinajstić information content (AvgIpc) is 2.45. The normalized spacial score (nSPS) is 18.7. The maximum atomic E-state index is 11.9. The summed E-state index contributed by atoms with van der Waals surface area (Å²) < 4.78 is 5.30. The third-order valence-electron chi connectivity index (χ3n) is 3.19. The third kappa shape index (κ3) is 2.71. The molecule has 1 aliphatic heterocycles. The Morgan fingerprint density at radius 3 is 2.90 bits per heavy atom. The Bertz CT molecular complexity index is 535. The van der Waals surface area contributed by atoms with Crippen LogP contribution in [0.5, 0.6) is 0 Å². The lowest BCUT2D eigenvalue weighted by atomic mass is 10.1. The number of nitrogens with one attached hydrogen (secondary N) is 1. The highest BCUT2D eigenvalue weighted by molar-refractivity contribution is 6.34. The summed E-state index contributed by atoms with van der Waals surface area (Å²) in [6.07, 6.45) is 0. The van der Waals surface area contributed by atoms with Crippen molar-refractivity contribution >= 4 is 29.2 Å². The summed E-state index contributed by atoms with van der Waals surface area (Å²) in [5, 5.41) is 12.0. The number of halogens is 1. The third-order valence-corrected chi connectivity index (χ3v) is 3.51. The van der Waals surface area contributed by atoms with E-state index in [-0.39, 0.29) is 23.1 Å². The molecule has 108 valence electrons. The first-order chi connectivity index (χ1) is 9.56. The van der Waals surface area contributed by atoms with Gasteiger partial charge in [0.25, 0.3) is 0 Å². The van der Waals surface area contributed by atoms with E-state index < -0.39 is 12.0 Å². The number of likely N-dealkylation sites (N-methyl/N-ethyl adjacent to an activating group) is 1. The van der Waals surface area contributed by atoms with Gasteiger partial charge < -0.3 is 20.1 Å². The van der Waals surface area contributed by atoms with Gasteiger partial charge in [-0.3, -0.25) is 4.79 Å². The number of anilines is 1. The summed E-state index contributed by atoms with van der Waals surface area (Å²) >= 11 is 5.97. The molecule has 1 aromatic carbocycles. The van der Waals surface area contributed by atoms with Crippen LogP contribution in [0.25, 0.3) is 0 Å². The highest BCUT2D eigenvalue weighted by Gasteiger charge is 2.31. The van der Waals surface area contributed by atoms with E-state index in [1.54, 1.807) is 17.0 Å². The van der Waals surface area contributed by atoms with Crippen molar-refractivity contribution in [1.29, 1.82) is 0 Å². The molecule has 1 fully saturated rings. The molecule has 0 aliphatic carbocycles. The molecule has 1 amide bonds. The summed E-state index contributed by atoms with van der Waals surface area (Å²) in [6.45, 7) is 1.07. The fourth-order valence-electron chi connectivity index (χ4n) is 2.24. The zero-order chi connectivity index (χ0) is 14.7. The van der Waals surface area contributed by atoms with Gasteiger partial charge in [-0.1, -0.05) is 17.7 Å². The van der Waals surface area contributed by atoms with E-state index in [4.69, 9.17) is 16.3 Å². The molecule has 0 saturated carbocycles. The summed E-state index contributed by atoms with van der Waals surface area (Å²) in [5.74, 6) is -1.34. The van der Waals surface area contributed by atoms with Gasteiger partial charge in [0.1, 0.15) is 11.6 Å². The molecule has 2 N–H and O–H groups in total. The Balaban J connectivity index is 2.45. The van der Waals surface area contributed by atoms with Crippen LogP contribution in [-0.2, 0) is 9.53 Å². The van der Waals surface area contributed by atoms with Gasteiger partial charge in [0.2, 0.25) is 5.91 Å². The second kappa shape index (κ2) is 6.11. The van der Waals surface area contributed by atoms with Crippen LogP contribution in [0.2, 0.25) is 5.02 Å².